The average Bonchev–Trinajstić information content (AvgIpc) is 2.54. The highest BCUT2D eigenvalue weighted by atomic mass is 16.4. The molecule has 0 aliphatic rings. The minimum absolute atomic E-state index is 0.318. The van der Waals surface area contributed by atoms with Gasteiger partial charge in [-0.1, -0.05) is 6.08 Å². The zero-order valence-corrected chi connectivity index (χ0v) is 7.03. The molecule has 0 aromatic carbocycles. The summed E-state index contributed by atoms with van der Waals surface area (Å²) in [5, 5.41) is 10.9. The first-order chi connectivity index (χ1) is 6.24. The van der Waals surface area contributed by atoms with Crippen molar-refractivity contribution in [2.24, 2.45) is 0 Å². The second-order valence-electron chi connectivity index (χ2n) is 2.52. The standard InChI is InChI=1S/C8H11N3O2/c1-2-3-6(11-8(12)13)7-4-9-5-10-7/h2,4-6,11H,1,3H2,(H,9,10)(H,12,13). The molecular weight excluding hydrogens is 170 g/mol. The van der Waals surface area contributed by atoms with Crippen LogP contribution in [0.3, 0.4) is 0 Å². The number of nitrogens with zero attached hydrogens (tertiary/aromatic N) is 1. The number of rotatable bonds is 4. The number of amides is 1. The summed E-state index contributed by atoms with van der Waals surface area (Å²) in [5.41, 5.74) is 0.669. The third-order valence-electron chi connectivity index (χ3n) is 1.58. The van der Waals surface area contributed by atoms with Gasteiger partial charge in [0.15, 0.2) is 0 Å². The first-order valence-electron chi connectivity index (χ1n) is 3.83. The van der Waals surface area contributed by atoms with Crippen molar-refractivity contribution in [3.05, 3.63) is 30.9 Å². The molecule has 1 aromatic rings. The van der Waals surface area contributed by atoms with Gasteiger partial charge in [-0.2, -0.15) is 0 Å². The van der Waals surface area contributed by atoms with E-state index in [1.54, 1.807) is 12.3 Å². The van der Waals surface area contributed by atoms with Gasteiger partial charge in [-0.05, 0) is 6.42 Å². The molecular formula is C8H11N3O2. The third kappa shape index (κ3) is 2.62. The van der Waals surface area contributed by atoms with Crippen LogP contribution in [0.25, 0.3) is 0 Å². The topological polar surface area (TPSA) is 78.0 Å². The Morgan fingerprint density at radius 2 is 2.69 bits per heavy atom. The fourth-order valence-electron chi connectivity index (χ4n) is 1.03. The zero-order chi connectivity index (χ0) is 9.68. The largest absolute Gasteiger partial charge is 0.465 e. The maximum Gasteiger partial charge on any atom is 0.405 e. The number of aromatic nitrogens is 2. The summed E-state index contributed by atoms with van der Waals surface area (Å²) < 4.78 is 0. The highest BCUT2D eigenvalue weighted by molar-refractivity contribution is 5.65. The third-order valence-corrected chi connectivity index (χ3v) is 1.58. The van der Waals surface area contributed by atoms with Crippen LogP contribution < -0.4 is 5.32 Å². The summed E-state index contributed by atoms with van der Waals surface area (Å²) in [6.07, 6.45) is 4.28. The Morgan fingerprint density at radius 3 is 3.15 bits per heavy atom. The molecule has 1 unspecified atom stereocenters. The lowest BCUT2D eigenvalue weighted by atomic mass is 10.1. The predicted octanol–water partition coefficient (Wildman–Crippen LogP) is 1.29. The number of H-pyrrole nitrogens is 1. The lowest BCUT2D eigenvalue weighted by Crippen LogP contribution is -2.26. The molecule has 1 aromatic heterocycles. The molecule has 0 saturated carbocycles. The summed E-state index contributed by atoms with van der Waals surface area (Å²) in [7, 11) is 0. The second-order valence-corrected chi connectivity index (χ2v) is 2.52. The van der Waals surface area contributed by atoms with E-state index in [0.717, 1.165) is 0 Å². The van der Waals surface area contributed by atoms with E-state index in [2.05, 4.69) is 21.9 Å². The number of hydrogen-bond acceptors (Lipinski definition) is 2. The van der Waals surface area contributed by atoms with E-state index in [1.165, 1.54) is 6.33 Å². The van der Waals surface area contributed by atoms with Gasteiger partial charge in [-0.25, -0.2) is 9.78 Å². The van der Waals surface area contributed by atoms with Crippen LogP contribution in [0, 0.1) is 0 Å². The molecule has 5 heteroatoms. The molecule has 1 rings (SSSR count). The van der Waals surface area contributed by atoms with E-state index in [1.807, 2.05) is 0 Å². The fourth-order valence-corrected chi connectivity index (χ4v) is 1.03. The Bertz CT molecular complexity index is 282. The van der Waals surface area contributed by atoms with Crippen molar-refractivity contribution in [2.45, 2.75) is 12.5 Å². The molecule has 70 valence electrons. The maximum atomic E-state index is 10.4. The second kappa shape index (κ2) is 4.30. The van der Waals surface area contributed by atoms with Crippen LogP contribution in [0.1, 0.15) is 18.2 Å². The summed E-state index contributed by atoms with van der Waals surface area (Å²) in [6.45, 7) is 3.55. The minimum Gasteiger partial charge on any atom is -0.465 e. The van der Waals surface area contributed by atoms with Crippen LogP contribution in [0.15, 0.2) is 25.2 Å². The van der Waals surface area contributed by atoms with Crippen molar-refractivity contribution >= 4 is 6.09 Å². The van der Waals surface area contributed by atoms with Crippen molar-refractivity contribution in [3.8, 4) is 0 Å². The molecule has 0 fully saturated rings. The summed E-state index contributed by atoms with van der Waals surface area (Å²) >= 11 is 0. The van der Waals surface area contributed by atoms with Crippen molar-refractivity contribution < 1.29 is 9.90 Å². The van der Waals surface area contributed by atoms with E-state index >= 15 is 0 Å². The lowest BCUT2D eigenvalue weighted by molar-refractivity contribution is 0.189. The highest BCUT2D eigenvalue weighted by Crippen LogP contribution is 2.13. The monoisotopic (exact) mass is 181 g/mol. The van der Waals surface area contributed by atoms with E-state index in [9.17, 15) is 4.79 Å². The van der Waals surface area contributed by atoms with Gasteiger partial charge in [0.2, 0.25) is 0 Å². The zero-order valence-electron chi connectivity index (χ0n) is 7.03. The Labute approximate surface area is 75.5 Å². The fraction of sp³-hybridized carbons (Fsp3) is 0.250. The molecule has 0 aliphatic heterocycles. The molecule has 0 saturated heterocycles. The molecule has 5 nitrogen and oxygen atoms in total. The number of aromatic amines is 1. The quantitative estimate of drug-likeness (QED) is 0.612. The maximum absolute atomic E-state index is 10.4. The predicted molar refractivity (Wildman–Crippen MR) is 47.3 cm³/mol. The molecule has 0 bridgehead atoms. The van der Waals surface area contributed by atoms with Gasteiger partial charge in [0.1, 0.15) is 0 Å². The number of carbonyl (C=O) groups is 1. The highest BCUT2D eigenvalue weighted by Gasteiger charge is 2.13. The average molecular weight is 181 g/mol. The smallest absolute Gasteiger partial charge is 0.405 e. The van der Waals surface area contributed by atoms with Crippen LogP contribution >= 0.6 is 0 Å². The first kappa shape index (κ1) is 9.31. The molecule has 1 amide bonds. The first-order valence-corrected chi connectivity index (χ1v) is 3.83. The van der Waals surface area contributed by atoms with E-state index in [0.29, 0.717) is 12.1 Å². The van der Waals surface area contributed by atoms with E-state index in [4.69, 9.17) is 5.11 Å². The molecule has 1 heterocycles. The van der Waals surface area contributed by atoms with E-state index < -0.39 is 6.09 Å². The Morgan fingerprint density at radius 1 is 1.92 bits per heavy atom. The number of hydrogen-bond donors (Lipinski definition) is 3. The van der Waals surface area contributed by atoms with Crippen LogP contribution in [0.4, 0.5) is 4.79 Å². The van der Waals surface area contributed by atoms with Crippen molar-refractivity contribution in [2.75, 3.05) is 0 Å². The summed E-state index contributed by atoms with van der Waals surface area (Å²) in [4.78, 5) is 17.1. The Balaban J connectivity index is 2.67. The van der Waals surface area contributed by atoms with Gasteiger partial charge in [-0.15, -0.1) is 6.58 Å². The lowest BCUT2D eigenvalue weighted by Gasteiger charge is -2.11. The van der Waals surface area contributed by atoms with Crippen molar-refractivity contribution in [3.63, 3.8) is 0 Å². The van der Waals surface area contributed by atoms with Gasteiger partial charge in [-0.3, -0.25) is 0 Å². The Kier molecular flexibility index (Phi) is 3.08. The summed E-state index contributed by atoms with van der Waals surface area (Å²) in [6, 6.07) is -0.318. The van der Waals surface area contributed by atoms with Crippen molar-refractivity contribution in [1.82, 2.24) is 15.3 Å². The normalized spacial score (nSPS) is 12.0. The molecule has 1 atom stereocenters. The molecule has 0 aliphatic carbocycles. The van der Waals surface area contributed by atoms with Crippen LogP contribution in [-0.2, 0) is 0 Å². The summed E-state index contributed by atoms with van der Waals surface area (Å²) in [5.74, 6) is 0. The molecule has 0 radical (unpaired) electrons. The van der Waals surface area contributed by atoms with Gasteiger partial charge in [0.05, 0.1) is 18.1 Å². The number of imidazole rings is 1. The minimum atomic E-state index is -1.06. The van der Waals surface area contributed by atoms with Gasteiger partial charge >= 0.3 is 6.09 Å². The van der Waals surface area contributed by atoms with Crippen LogP contribution in [0.2, 0.25) is 0 Å². The van der Waals surface area contributed by atoms with Crippen LogP contribution in [-0.4, -0.2) is 21.2 Å². The molecule has 3 N–H and O–H groups in total. The number of nitrogens with one attached hydrogen (secondary N) is 2. The van der Waals surface area contributed by atoms with Gasteiger partial charge in [0, 0.05) is 6.20 Å². The van der Waals surface area contributed by atoms with Crippen molar-refractivity contribution in [1.29, 1.82) is 0 Å². The molecule has 0 spiro atoms. The number of carboxylic acid groups (broad SMARTS) is 1. The Hall–Kier alpha value is -1.78. The molecule has 13 heavy (non-hydrogen) atoms. The van der Waals surface area contributed by atoms with Gasteiger partial charge in [0.25, 0.3) is 0 Å². The van der Waals surface area contributed by atoms with Gasteiger partial charge < -0.3 is 15.4 Å². The van der Waals surface area contributed by atoms with E-state index in [-0.39, 0.29) is 6.04 Å². The SMILES string of the molecule is C=CCC(NC(=O)O)c1c[nH]cn1. The van der Waals surface area contributed by atoms with Crippen LogP contribution in [0.5, 0.6) is 0 Å².